The minimum atomic E-state index is -0.718. The number of hydrogen-bond acceptors (Lipinski definition) is 1. The summed E-state index contributed by atoms with van der Waals surface area (Å²) in [6.07, 6.45) is 0. The second-order valence-corrected chi connectivity index (χ2v) is 11.9. The minimum Gasteiger partial charge on any atom is -0.455 e. The maximum absolute atomic E-state index is 9.32. The van der Waals surface area contributed by atoms with E-state index in [-0.39, 0.29) is 32.7 Å². The first-order valence-electron chi connectivity index (χ1n) is 22.3. The minimum absolute atomic E-state index is 0.0577. The lowest BCUT2D eigenvalue weighted by molar-refractivity contribution is 0.670. The highest BCUT2D eigenvalue weighted by atomic mass is 16.3. The molecule has 0 saturated carbocycles. The molecule has 10 rings (SSSR count). The summed E-state index contributed by atoms with van der Waals surface area (Å²) in [4.78, 5) is 0. The van der Waals surface area contributed by atoms with Crippen molar-refractivity contribution in [3.63, 3.8) is 0 Å². The molecule has 0 bridgehead atoms. The van der Waals surface area contributed by atoms with Crippen LogP contribution in [0.4, 0.5) is 0 Å². The zero-order valence-electron chi connectivity index (χ0n) is 38.7. The Balaban J connectivity index is 1.30. The first kappa shape index (κ1) is 17.6. The lowest BCUT2D eigenvalue weighted by Gasteiger charge is -2.18. The number of fused-ring (bicyclic) bond motifs is 6. The molecular formula is C48H30O. The molecule has 0 aliphatic carbocycles. The fourth-order valence-electron chi connectivity index (χ4n) is 7.05. The van der Waals surface area contributed by atoms with Gasteiger partial charge in [-0.25, -0.2) is 0 Å². The van der Waals surface area contributed by atoms with E-state index in [0.717, 1.165) is 32.7 Å². The van der Waals surface area contributed by atoms with Gasteiger partial charge in [0.1, 0.15) is 11.2 Å². The monoisotopic (exact) mass is 635 g/mol. The number of furan rings is 1. The second kappa shape index (κ2) is 11.1. The third-order valence-corrected chi connectivity index (χ3v) is 9.17. The lowest BCUT2D eigenvalue weighted by atomic mass is 9.85. The van der Waals surface area contributed by atoms with Crippen molar-refractivity contribution in [2.45, 2.75) is 0 Å². The lowest BCUT2D eigenvalue weighted by Crippen LogP contribution is -1.91. The van der Waals surface area contributed by atoms with Crippen LogP contribution in [-0.2, 0) is 0 Å². The smallest absolute Gasteiger partial charge is 0.143 e. The van der Waals surface area contributed by atoms with Gasteiger partial charge in [-0.15, -0.1) is 0 Å². The number of rotatable bonds is 4. The molecule has 1 heteroatoms. The third kappa shape index (κ3) is 4.40. The molecule has 0 N–H and O–H groups in total. The van der Waals surface area contributed by atoms with Crippen LogP contribution in [0.1, 0.15) is 17.8 Å². The number of hydrogen-bond donors (Lipinski definition) is 0. The first-order chi connectivity index (χ1) is 29.7. The highest BCUT2D eigenvalue weighted by molar-refractivity contribution is 6.22. The molecule has 0 saturated heterocycles. The van der Waals surface area contributed by atoms with E-state index >= 15 is 0 Å². The van der Waals surface area contributed by atoms with Crippen LogP contribution >= 0.6 is 0 Å². The quantitative estimate of drug-likeness (QED) is 0.175. The molecule has 1 aromatic heterocycles. The van der Waals surface area contributed by atoms with E-state index in [1.807, 2.05) is 48.5 Å². The summed E-state index contributed by atoms with van der Waals surface area (Å²) >= 11 is 0. The van der Waals surface area contributed by atoms with Crippen molar-refractivity contribution in [2.24, 2.45) is 0 Å². The van der Waals surface area contributed by atoms with Crippen molar-refractivity contribution in [1.29, 1.82) is 0 Å². The van der Waals surface area contributed by atoms with Gasteiger partial charge in [-0.1, -0.05) is 163 Å². The van der Waals surface area contributed by atoms with Crippen molar-refractivity contribution in [3.05, 3.63) is 182 Å². The van der Waals surface area contributed by atoms with E-state index in [2.05, 4.69) is 36.4 Å². The van der Waals surface area contributed by atoms with Gasteiger partial charge in [-0.2, -0.15) is 0 Å². The van der Waals surface area contributed by atoms with Crippen LogP contribution in [0.15, 0.2) is 186 Å². The SMILES string of the molecule is [2H]c1c([2H])c([2H])c(-c2c3c([2H])c([2H])c([2H])c([2H])c3c(-c3cccc(-c4cccc5c4oc4cccc(-c6ccc7ccccc7c6)c45)c3)c3c([2H])c([2H])c([2H])c([2H])c23)c([2H])c1[2H]. The summed E-state index contributed by atoms with van der Waals surface area (Å²) in [6.45, 7) is 0. The maximum atomic E-state index is 9.32. The highest BCUT2D eigenvalue weighted by Gasteiger charge is 2.19. The molecule has 0 aliphatic heterocycles. The van der Waals surface area contributed by atoms with Gasteiger partial charge in [0.25, 0.3) is 0 Å². The van der Waals surface area contributed by atoms with Gasteiger partial charge < -0.3 is 4.42 Å². The Morgan fingerprint density at radius 2 is 0.980 bits per heavy atom. The van der Waals surface area contributed by atoms with Crippen LogP contribution < -0.4 is 0 Å². The Hall–Kier alpha value is -6.44. The second-order valence-electron chi connectivity index (χ2n) is 11.9. The van der Waals surface area contributed by atoms with E-state index in [1.165, 1.54) is 0 Å². The van der Waals surface area contributed by atoms with Crippen LogP contribution in [0, 0.1) is 0 Å². The molecule has 49 heavy (non-hydrogen) atoms. The zero-order chi connectivity index (χ0) is 43.6. The summed E-state index contributed by atoms with van der Waals surface area (Å²) in [7, 11) is 0. The van der Waals surface area contributed by atoms with Crippen molar-refractivity contribution in [1.82, 2.24) is 0 Å². The molecule has 0 unspecified atom stereocenters. The van der Waals surface area contributed by atoms with Gasteiger partial charge in [-0.3, -0.25) is 0 Å². The topological polar surface area (TPSA) is 13.1 Å². The molecule has 0 aliphatic rings. The van der Waals surface area contributed by atoms with E-state index in [4.69, 9.17) is 16.8 Å². The van der Waals surface area contributed by atoms with Crippen molar-refractivity contribution < 1.29 is 22.2 Å². The van der Waals surface area contributed by atoms with Crippen LogP contribution in [0.25, 0.3) is 98.8 Å². The van der Waals surface area contributed by atoms with Crippen molar-refractivity contribution >= 4 is 54.3 Å². The molecule has 0 spiro atoms. The fourth-order valence-corrected chi connectivity index (χ4v) is 7.05. The molecule has 1 heterocycles. The van der Waals surface area contributed by atoms with Crippen LogP contribution in [-0.4, -0.2) is 0 Å². The molecule has 10 aromatic rings. The predicted molar refractivity (Wildman–Crippen MR) is 208 cm³/mol. The summed E-state index contributed by atoms with van der Waals surface area (Å²) < 4.78 is 122. The first-order valence-corrected chi connectivity index (χ1v) is 15.8. The van der Waals surface area contributed by atoms with E-state index in [9.17, 15) is 5.48 Å². The van der Waals surface area contributed by atoms with E-state index < -0.39 is 84.1 Å². The van der Waals surface area contributed by atoms with Gasteiger partial charge in [0.05, 0.1) is 17.8 Å². The Labute approximate surface area is 302 Å². The van der Waals surface area contributed by atoms with Gasteiger partial charge in [0.15, 0.2) is 0 Å². The van der Waals surface area contributed by atoms with Gasteiger partial charge in [0, 0.05) is 16.3 Å². The van der Waals surface area contributed by atoms with Crippen LogP contribution in [0.2, 0.25) is 0 Å². The summed E-state index contributed by atoms with van der Waals surface area (Å²) in [6, 6.07) is 24.8. The molecule has 0 amide bonds. The maximum Gasteiger partial charge on any atom is 0.143 e. The Morgan fingerprint density at radius 1 is 0.388 bits per heavy atom. The summed E-state index contributed by atoms with van der Waals surface area (Å²) in [5.41, 5.74) is 4.20. The van der Waals surface area contributed by atoms with Gasteiger partial charge in [0.2, 0.25) is 0 Å². The normalized spacial score (nSPS) is 15.4. The molecular weight excluding hydrogens is 593 g/mol. The number of para-hydroxylation sites is 1. The Bertz CT molecular complexity index is 3520. The fraction of sp³-hybridized carbons (Fsp3) is 0. The molecule has 9 aromatic carbocycles. The molecule has 0 radical (unpaired) electrons. The standard InChI is InChI=1S/C48H30O/c1-2-14-32(15-3-1)45-39-19-6-8-21-41(39)46(42-22-9-7-20-40(42)45)36-18-10-17-34(30-36)38-24-11-25-43-47-37(23-12-26-44(47)49-48(38)43)35-28-27-31-13-4-5-16-33(31)29-35/h1-30H/i1D,2D,3D,6D,7D,8D,9D,14D,15D,19D,20D,21D,22D. The third-order valence-electron chi connectivity index (χ3n) is 9.17. The largest absolute Gasteiger partial charge is 0.455 e. The van der Waals surface area contributed by atoms with E-state index in [1.54, 1.807) is 18.2 Å². The Morgan fingerprint density at radius 3 is 1.73 bits per heavy atom. The number of benzene rings is 9. The molecule has 0 atom stereocenters. The summed E-state index contributed by atoms with van der Waals surface area (Å²) in [5, 5.41) is 3.20. The van der Waals surface area contributed by atoms with Crippen LogP contribution in [0.3, 0.4) is 0 Å². The highest BCUT2D eigenvalue weighted by Crippen LogP contribution is 2.45. The average Bonchev–Trinajstić information content (AvgIpc) is 3.68. The molecule has 1 nitrogen and oxygen atoms in total. The van der Waals surface area contributed by atoms with E-state index in [0.29, 0.717) is 27.9 Å². The molecule has 228 valence electrons. The summed E-state index contributed by atoms with van der Waals surface area (Å²) in [5.74, 6) is 0. The van der Waals surface area contributed by atoms with Crippen LogP contribution in [0.5, 0.6) is 0 Å². The average molecular weight is 636 g/mol. The Kier molecular flexibility index (Phi) is 3.99. The van der Waals surface area contributed by atoms with Gasteiger partial charge >= 0.3 is 0 Å². The van der Waals surface area contributed by atoms with Gasteiger partial charge in [-0.05, 0) is 89.5 Å². The zero-order valence-corrected chi connectivity index (χ0v) is 25.7. The molecule has 0 fully saturated rings. The predicted octanol–water partition coefficient (Wildman–Crippen LogP) is 13.7. The van der Waals surface area contributed by atoms with Crippen molar-refractivity contribution in [3.8, 4) is 44.5 Å². The van der Waals surface area contributed by atoms with Crippen molar-refractivity contribution in [2.75, 3.05) is 0 Å².